The van der Waals surface area contributed by atoms with E-state index in [-0.39, 0.29) is 59.9 Å². The second-order valence-electron chi connectivity index (χ2n) is 14.3. The third kappa shape index (κ3) is 11.2. The Hall–Kier alpha value is -2.28. The van der Waals surface area contributed by atoms with Crippen LogP contribution in [0, 0.1) is 23.7 Å². The van der Waals surface area contributed by atoms with Gasteiger partial charge in [-0.1, -0.05) is 54.9 Å². The molecule has 268 valence electrons. The fourth-order valence-electron chi connectivity index (χ4n) is 6.81. The summed E-state index contributed by atoms with van der Waals surface area (Å²) in [4.78, 5) is 61.6. The van der Waals surface area contributed by atoms with Gasteiger partial charge in [0, 0.05) is 27.8 Å². The van der Waals surface area contributed by atoms with E-state index in [2.05, 4.69) is 24.5 Å². The number of carbonyl (C=O) groups excluding carboxylic acids is 4. The molecule has 2 N–H and O–H groups in total. The van der Waals surface area contributed by atoms with Gasteiger partial charge in [-0.05, 0) is 58.8 Å². The van der Waals surface area contributed by atoms with Crippen LogP contribution in [0.4, 0.5) is 0 Å². The molecular weight excluding hydrogens is 588 g/mol. The Balaban J connectivity index is 3.24. The van der Waals surface area contributed by atoms with Gasteiger partial charge in [0.05, 0.1) is 49.3 Å². The zero-order valence-corrected chi connectivity index (χ0v) is 31.3. The third-order valence-corrected chi connectivity index (χ3v) is 9.52. The minimum absolute atomic E-state index is 0.0157. The molecule has 0 bridgehead atoms. The van der Waals surface area contributed by atoms with Crippen LogP contribution in [0.25, 0.3) is 0 Å². The number of carbonyl (C=O) groups is 4. The molecule has 0 aromatic carbocycles. The average molecular weight is 655 g/mol. The van der Waals surface area contributed by atoms with E-state index >= 15 is 0 Å². The molecule has 12 nitrogen and oxygen atoms in total. The van der Waals surface area contributed by atoms with Crippen LogP contribution in [0.1, 0.15) is 74.1 Å². The number of hydrogen-bond donors (Lipinski definition) is 2. The predicted octanol–water partition coefficient (Wildman–Crippen LogP) is 2.27. The maximum absolute atomic E-state index is 14.1. The van der Waals surface area contributed by atoms with E-state index in [4.69, 9.17) is 9.47 Å². The van der Waals surface area contributed by atoms with Crippen molar-refractivity contribution in [1.82, 2.24) is 30.2 Å². The Bertz CT molecular complexity index is 968. The molecule has 0 radical (unpaired) electrons. The van der Waals surface area contributed by atoms with Gasteiger partial charge in [0.1, 0.15) is 6.04 Å². The summed E-state index contributed by atoms with van der Waals surface area (Å²) in [5, 5.41) is 5.96. The largest absolute Gasteiger partial charge is 0.379 e. The predicted molar refractivity (Wildman–Crippen MR) is 182 cm³/mol. The number of amides is 4. The molecule has 0 unspecified atom stereocenters. The van der Waals surface area contributed by atoms with E-state index in [1.807, 2.05) is 77.5 Å². The number of nitrogens with zero attached hydrogens (tertiary/aromatic N) is 4. The summed E-state index contributed by atoms with van der Waals surface area (Å²) >= 11 is 0. The van der Waals surface area contributed by atoms with Crippen molar-refractivity contribution in [3.8, 4) is 0 Å². The molecule has 0 aromatic rings. The number of methoxy groups -OCH3 is 2. The first-order chi connectivity index (χ1) is 21.4. The lowest BCUT2D eigenvalue weighted by Gasteiger charge is -2.41. The Morgan fingerprint density at radius 2 is 1.50 bits per heavy atom. The highest BCUT2D eigenvalue weighted by Gasteiger charge is 2.43. The number of hydrogen-bond acceptors (Lipinski definition) is 8. The molecule has 4 amide bonds. The van der Waals surface area contributed by atoms with Gasteiger partial charge in [0.2, 0.25) is 23.6 Å². The highest BCUT2D eigenvalue weighted by Crippen LogP contribution is 2.29. The molecule has 1 fully saturated rings. The molecule has 1 aliphatic rings. The first kappa shape index (κ1) is 41.7. The van der Waals surface area contributed by atoms with Crippen molar-refractivity contribution >= 4 is 23.6 Å². The monoisotopic (exact) mass is 655 g/mol. The van der Waals surface area contributed by atoms with Gasteiger partial charge in [-0.2, -0.15) is 0 Å². The SMILES string of the molecule is CC[C@H](C)[C@H]([C@@H](CC(=O)N1CCC[C@@H]1[C@H](OC)[C@@H](C)C(=O)NCN(C)C)OC)N(C)C(=O)[C@H](NC(=O)[C@@H](C(C)C)N(C)C)C(C)C. The molecule has 0 aromatic heterocycles. The van der Waals surface area contributed by atoms with Crippen LogP contribution < -0.4 is 10.6 Å². The van der Waals surface area contributed by atoms with Crippen LogP contribution in [-0.4, -0.2) is 142 Å². The second kappa shape index (κ2) is 19.5. The summed E-state index contributed by atoms with van der Waals surface area (Å²) < 4.78 is 11.8. The third-order valence-electron chi connectivity index (χ3n) is 9.52. The Labute approximate surface area is 279 Å². The van der Waals surface area contributed by atoms with Crippen molar-refractivity contribution in [3.05, 3.63) is 0 Å². The Kier molecular flexibility index (Phi) is 17.7. The normalized spacial score (nSPS) is 20.0. The lowest BCUT2D eigenvalue weighted by atomic mass is 9.89. The van der Waals surface area contributed by atoms with Gasteiger partial charge in [-0.25, -0.2) is 0 Å². The fraction of sp³-hybridized carbons (Fsp3) is 0.882. The summed E-state index contributed by atoms with van der Waals surface area (Å²) in [5.74, 6) is -1.13. The molecule has 46 heavy (non-hydrogen) atoms. The van der Waals surface area contributed by atoms with E-state index in [1.165, 1.54) is 0 Å². The van der Waals surface area contributed by atoms with Crippen molar-refractivity contribution in [2.24, 2.45) is 23.7 Å². The summed E-state index contributed by atoms with van der Waals surface area (Å²) in [6.45, 7) is 14.8. The molecule has 8 atom stereocenters. The zero-order valence-electron chi connectivity index (χ0n) is 31.3. The van der Waals surface area contributed by atoms with Crippen LogP contribution >= 0.6 is 0 Å². The molecule has 0 aliphatic carbocycles. The minimum atomic E-state index is -0.732. The molecule has 1 rings (SSSR count). The number of likely N-dealkylation sites (N-methyl/N-ethyl adjacent to an activating group) is 2. The molecule has 0 saturated carbocycles. The first-order valence-corrected chi connectivity index (χ1v) is 17.0. The van der Waals surface area contributed by atoms with Crippen LogP contribution in [-0.2, 0) is 28.7 Å². The van der Waals surface area contributed by atoms with Gasteiger partial charge in [0.15, 0.2) is 0 Å². The summed E-state index contributed by atoms with van der Waals surface area (Å²) in [5.41, 5.74) is 0. The van der Waals surface area contributed by atoms with Crippen LogP contribution in [0.5, 0.6) is 0 Å². The van der Waals surface area contributed by atoms with E-state index in [9.17, 15) is 19.2 Å². The quantitative estimate of drug-likeness (QED) is 0.204. The average Bonchev–Trinajstić information content (AvgIpc) is 3.46. The number of likely N-dealkylation sites (tertiary alicyclic amines) is 1. The highest BCUT2D eigenvalue weighted by molar-refractivity contribution is 5.90. The van der Waals surface area contributed by atoms with Gasteiger partial charge in [-0.15, -0.1) is 0 Å². The molecule has 12 heteroatoms. The Morgan fingerprint density at radius 1 is 0.891 bits per heavy atom. The molecule has 0 spiro atoms. The van der Waals surface area contributed by atoms with Crippen LogP contribution in [0.15, 0.2) is 0 Å². The van der Waals surface area contributed by atoms with Gasteiger partial charge >= 0.3 is 0 Å². The van der Waals surface area contributed by atoms with Crippen LogP contribution in [0.2, 0.25) is 0 Å². The minimum Gasteiger partial charge on any atom is -0.379 e. The number of rotatable bonds is 19. The number of ether oxygens (including phenoxy) is 2. The van der Waals surface area contributed by atoms with Crippen molar-refractivity contribution in [2.45, 2.75) is 111 Å². The summed E-state index contributed by atoms with van der Waals surface area (Å²) in [7, 11) is 12.4. The fourth-order valence-corrected chi connectivity index (χ4v) is 6.81. The smallest absolute Gasteiger partial charge is 0.245 e. The van der Waals surface area contributed by atoms with E-state index in [1.54, 1.807) is 26.2 Å². The molecule has 1 saturated heterocycles. The lowest BCUT2D eigenvalue weighted by molar-refractivity contribution is -0.148. The molecule has 1 heterocycles. The van der Waals surface area contributed by atoms with Gasteiger partial charge in [0.25, 0.3) is 0 Å². The van der Waals surface area contributed by atoms with Crippen molar-refractivity contribution in [3.63, 3.8) is 0 Å². The van der Waals surface area contributed by atoms with E-state index in [0.29, 0.717) is 13.2 Å². The maximum Gasteiger partial charge on any atom is 0.245 e. The maximum atomic E-state index is 14.1. The van der Waals surface area contributed by atoms with Crippen molar-refractivity contribution in [1.29, 1.82) is 0 Å². The van der Waals surface area contributed by atoms with Crippen molar-refractivity contribution in [2.75, 3.05) is 62.7 Å². The lowest BCUT2D eigenvalue weighted by Crippen LogP contribution is -2.59. The summed E-state index contributed by atoms with van der Waals surface area (Å²) in [6.07, 6.45) is 1.35. The number of nitrogens with one attached hydrogen (secondary N) is 2. The zero-order chi connectivity index (χ0) is 35.5. The first-order valence-electron chi connectivity index (χ1n) is 17.0. The second-order valence-corrected chi connectivity index (χ2v) is 14.3. The van der Waals surface area contributed by atoms with Crippen LogP contribution in [0.3, 0.4) is 0 Å². The van der Waals surface area contributed by atoms with Crippen molar-refractivity contribution < 1.29 is 28.7 Å². The van der Waals surface area contributed by atoms with E-state index in [0.717, 1.165) is 19.3 Å². The van der Waals surface area contributed by atoms with Gasteiger partial charge in [-0.3, -0.25) is 29.0 Å². The topological polar surface area (TPSA) is 124 Å². The molecule has 1 aliphatic heterocycles. The van der Waals surface area contributed by atoms with E-state index < -0.39 is 30.2 Å². The molecular formula is C34H66N6O6. The van der Waals surface area contributed by atoms with Gasteiger partial charge < -0.3 is 29.9 Å². The highest BCUT2D eigenvalue weighted by atomic mass is 16.5. The summed E-state index contributed by atoms with van der Waals surface area (Å²) in [6, 6.07) is -1.76. The standard InChI is InChI=1S/C34H66N6O6/c1-15-23(6)30(39(12)34(44)28(21(2)3)36-33(43)29(22(4)5)38(10)11)26(45-13)19-27(41)40-18-16-17-25(40)31(46-14)24(7)32(42)35-20-37(8)9/h21-26,28-31H,15-20H2,1-14H3,(H,35,42)(H,36,43)/t23-,24+,25+,26+,28+,29+,30+,31+/m0/s1. The Morgan fingerprint density at radius 3 is 1.96 bits per heavy atom.